The summed E-state index contributed by atoms with van der Waals surface area (Å²) in [4.78, 5) is 7.63. The molecule has 9 heteroatoms. The maximum absolute atomic E-state index is 14.4. The molecule has 0 amide bonds. The summed E-state index contributed by atoms with van der Waals surface area (Å²) < 4.78 is 36.0. The Balaban J connectivity index is 1.55. The SMILES string of the molecule is COc1ccc(F)c(Cl)c1[C@H](CF)c1c[nH]c2ncc(-c3cnn(C4CCNCC4)c3)cc12. The number of hydrogen-bond acceptors (Lipinski definition) is 4. The number of piperidine rings is 1. The molecule has 4 aromatic rings. The molecule has 0 spiro atoms. The quantitative estimate of drug-likeness (QED) is 0.403. The fraction of sp³-hybridized carbons (Fsp3) is 0.333. The zero-order valence-corrected chi connectivity index (χ0v) is 18.9. The average molecular weight is 472 g/mol. The van der Waals surface area contributed by atoms with Crippen LogP contribution in [0.4, 0.5) is 8.78 Å². The molecule has 1 aromatic carbocycles. The lowest BCUT2D eigenvalue weighted by molar-refractivity contribution is 0.343. The maximum atomic E-state index is 14.4. The third-order valence-electron chi connectivity index (χ3n) is 6.37. The maximum Gasteiger partial charge on any atom is 0.142 e. The number of methoxy groups -OCH3 is 1. The molecule has 2 N–H and O–H groups in total. The molecule has 0 saturated carbocycles. The fourth-order valence-electron chi connectivity index (χ4n) is 4.59. The number of nitrogens with one attached hydrogen (secondary N) is 2. The van der Waals surface area contributed by atoms with Gasteiger partial charge in [-0.05, 0) is 49.7 Å². The van der Waals surface area contributed by atoms with Gasteiger partial charge in [0.05, 0.1) is 24.4 Å². The number of halogens is 3. The normalized spacial score (nSPS) is 15.8. The van der Waals surface area contributed by atoms with Crippen LogP contribution in [0.15, 0.2) is 43.0 Å². The molecule has 5 rings (SSSR count). The molecule has 33 heavy (non-hydrogen) atoms. The first-order chi connectivity index (χ1) is 16.1. The Labute approximate surface area is 194 Å². The van der Waals surface area contributed by atoms with E-state index < -0.39 is 18.4 Å². The number of fused-ring (bicyclic) bond motifs is 1. The van der Waals surface area contributed by atoms with Crippen LogP contribution in [0.5, 0.6) is 5.75 Å². The van der Waals surface area contributed by atoms with Gasteiger partial charge in [0.1, 0.15) is 23.9 Å². The zero-order valence-electron chi connectivity index (χ0n) is 18.1. The molecule has 1 saturated heterocycles. The van der Waals surface area contributed by atoms with E-state index in [1.807, 2.05) is 23.1 Å². The lowest BCUT2D eigenvalue weighted by Gasteiger charge is -2.22. The summed E-state index contributed by atoms with van der Waals surface area (Å²) >= 11 is 6.26. The van der Waals surface area contributed by atoms with Crippen molar-refractivity contribution in [1.29, 1.82) is 0 Å². The predicted molar refractivity (Wildman–Crippen MR) is 124 cm³/mol. The molecule has 1 atom stereocenters. The van der Waals surface area contributed by atoms with Gasteiger partial charge < -0.3 is 15.0 Å². The number of hydrogen-bond donors (Lipinski definition) is 2. The number of benzene rings is 1. The van der Waals surface area contributed by atoms with E-state index in [1.165, 1.54) is 19.2 Å². The lowest BCUT2D eigenvalue weighted by atomic mass is 9.91. The third-order valence-corrected chi connectivity index (χ3v) is 6.76. The van der Waals surface area contributed by atoms with Crippen molar-refractivity contribution in [2.45, 2.75) is 24.8 Å². The molecule has 6 nitrogen and oxygen atoms in total. The number of H-pyrrole nitrogens is 1. The molecule has 0 aliphatic carbocycles. The molecule has 0 radical (unpaired) electrons. The van der Waals surface area contributed by atoms with Crippen LogP contribution in [-0.2, 0) is 0 Å². The molecule has 1 aliphatic heterocycles. The molecule has 1 aliphatic rings. The number of pyridine rings is 1. The van der Waals surface area contributed by atoms with Crippen LogP contribution in [0.3, 0.4) is 0 Å². The van der Waals surface area contributed by atoms with Gasteiger partial charge in [-0.1, -0.05) is 11.6 Å². The van der Waals surface area contributed by atoms with Gasteiger partial charge in [-0.3, -0.25) is 9.07 Å². The second-order valence-electron chi connectivity index (χ2n) is 8.24. The topological polar surface area (TPSA) is 67.8 Å². The second kappa shape index (κ2) is 9.11. The smallest absolute Gasteiger partial charge is 0.142 e. The average Bonchev–Trinajstić information content (AvgIpc) is 3.50. The molecule has 172 valence electrons. The third kappa shape index (κ3) is 3.98. The zero-order chi connectivity index (χ0) is 22.9. The van der Waals surface area contributed by atoms with Gasteiger partial charge in [-0.2, -0.15) is 5.10 Å². The summed E-state index contributed by atoms with van der Waals surface area (Å²) in [5.74, 6) is -1.09. The Hall–Kier alpha value is -2.97. The van der Waals surface area contributed by atoms with Crippen molar-refractivity contribution in [3.05, 3.63) is 65.0 Å². The first kappa shape index (κ1) is 21.9. The minimum absolute atomic E-state index is 0.140. The fourth-order valence-corrected chi connectivity index (χ4v) is 4.88. The van der Waals surface area contributed by atoms with Gasteiger partial charge in [0.2, 0.25) is 0 Å². The molecule has 0 unspecified atom stereocenters. The van der Waals surface area contributed by atoms with Gasteiger partial charge in [0.25, 0.3) is 0 Å². The Morgan fingerprint density at radius 3 is 2.82 bits per heavy atom. The van der Waals surface area contributed by atoms with Gasteiger partial charge in [-0.25, -0.2) is 9.37 Å². The lowest BCUT2D eigenvalue weighted by Crippen LogP contribution is -2.29. The predicted octanol–water partition coefficient (Wildman–Crippen LogP) is 5.25. The van der Waals surface area contributed by atoms with Crippen molar-refractivity contribution in [1.82, 2.24) is 25.1 Å². The molecule has 0 bridgehead atoms. The largest absolute Gasteiger partial charge is 0.496 e. The summed E-state index contributed by atoms with van der Waals surface area (Å²) in [6, 6.07) is 5.01. The monoisotopic (exact) mass is 471 g/mol. The van der Waals surface area contributed by atoms with E-state index in [-0.39, 0.29) is 10.6 Å². The number of nitrogens with zero attached hydrogens (tertiary/aromatic N) is 3. The van der Waals surface area contributed by atoms with Gasteiger partial charge in [-0.15, -0.1) is 0 Å². The van der Waals surface area contributed by atoms with E-state index in [1.54, 1.807) is 12.4 Å². The minimum atomic E-state index is -0.814. The highest BCUT2D eigenvalue weighted by Crippen LogP contribution is 2.41. The summed E-state index contributed by atoms with van der Waals surface area (Å²) in [5, 5.41) is 8.53. The highest BCUT2D eigenvalue weighted by Gasteiger charge is 2.26. The first-order valence-electron chi connectivity index (χ1n) is 10.9. The van der Waals surface area contributed by atoms with Crippen LogP contribution >= 0.6 is 11.6 Å². The minimum Gasteiger partial charge on any atom is -0.496 e. The van der Waals surface area contributed by atoms with Crippen molar-refractivity contribution in [2.75, 3.05) is 26.9 Å². The van der Waals surface area contributed by atoms with E-state index in [0.717, 1.165) is 42.4 Å². The Bertz CT molecular complexity index is 1280. The summed E-state index contributed by atoms with van der Waals surface area (Å²) in [6.45, 7) is 1.19. The van der Waals surface area contributed by atoms with Crippen LogP contribution < -0.4 is 10.1 Å². The summed E-state index contributed by atoms with van der Waals surface area (Å²) in [5.41, 5.74) is 3.35. The Kier molecular flexibility index (Phi) is 6.03. The van der Waals surface area contributed by atoms with Crippen LogP contribution in [0.2, 0.25) is 5.02 Å². The van der Waals surface area contributed by atoms with E-state index in [4.69, 9.17) is 16.3 Å². The Morgan fingerprint density at radius 1 is 1.24 bits per heavy atom. The van der Waals surface area contributed by atoms with Gasteiger partial charge in [0.15, 0.2) is 0 Å². The molecule has 4 heterocycles. The van der Waals surface area contributed by atoms with Crippen LogP contribution in [0, 0.1) is 5.82 Å². The molecule has 1 fully saturated rings. The number of aromatic nitrogens is 4. The Morgan fingerprint density at radius 2 is 2.06 bits per heavy atom. The second-order valence-corrected chi connectivity index (χ2v) is 8.62. The van der Waals surface area contributed by atoms with E-state index in [0.29, 0.717) is 23.0 Å². The standard InChI is InChI=1S/C24H24ClF2N5O/c1-33-21-3-2-20(27)23(25)22(21)18(9-26)19-12-30-24-17(19)8-14(10-29-24)15-11-31-32(13-15)16-4-6-28-7-5-16/h2-3,8,10-13,16,18,28H,4-7,9H2,1H3,(H,29,30)/t18-/m1/s1. The van der Waals surface area contributed by atoms with Gasteiger partial charge >= 0.3 is 0 Å². The van der Waals surface area contributed by atoms with Crippen molar-refractivity contribution >= 4 is 22.6 Å². The molecular weight excluding hydrogens is 448 g/mol. The van der Waals surface area contributed by atoms with Gasteiger partial charge in [0, 0.05) is 46.6 Å². The number of rotatable bonds is 6. The van der Waals surface area contributed by atoms with Crippen LogP contribution in [-0.4, -0.2) is 46.6 Å². The first-order valence-corrected chi connectivity index (χ1v) is 11.3. The van der Waals surface area contributed by atoms with Crippen LogP contribution in [0.1, 0.15) is 35.9 Å². The number of aromatic amines is 1. The molecular formula is C24H24ClF2N5O. The van der Waals surface area contributed by atoms with E-state index in [9.17, 15) is 8.78 Å². The summed E-state index contributed by atoms with van der Waals surface area (Å²) in [7, 11) is 1.46. The van der Waals surface area contributed by atoms with E-state index >= 15 is 0 Å². The van der Waals surface area contributed by atoms with E-state index in [2.05, 4.69) is 20.4 Å². The number of alkyl halides is 1. The number of ether oxygens (including phenoxy) is 1. The highest BCUT2D eigenvalue weighted by molar-refractivity contribution is 6.31. The van der Waals surface area contributed by atoms with Crippen molar-refractivity contribution < 1.29 is 13.5 Å². The van der Waals surface area contributed by atoms with Crippen molar-refractivity contribution in [3.63, 3.8) is 0 Å². The summed E-state index contributed by atoms with van der Waals surface area (Å²) in [6.07, 6.45) is 9.40. The molecule has 3 aromatic heterocycles. The highest BCUT2D eigenvalue weighted by atomic mass is 35.5. The van der Waals surface area contributed by atoms with Crippen molar-refractivity contribution in [2.24, 2.45) is 0 Å². The van der Waals surface area contributed by atoms with Crippen LogP contribution in [0.25, 0.3) is 22.2 Å². The van der Waals surface area contributed by atoms with Crippen molar-refractivity contribution in [3.8, 4) is 16.9 Å².